The second kappa shape index (κ2) is 11.7. The van der Waals surface area contributed by atoms with Crippen LogP contribution in [0, 0.1) is 6.92 Å². The third-order valence-electron chi connectivity index (χ3n) is 4.82. The van der Waals surface area contributed by atoms with Gasteiger partial charge in [-0.05, 0) is 50.6 Å². The van der Waals surface area contributed by atoms with Crippen LogP contribution >= 0.6 is 12.6 Å². The molecule has 0 aliphatic heterocycles. The number of hydrogen-bond acceptors (Lipinski definition) is 7. The van der Waals surface area contributed by atoms with Crippen molar-refractivity contribution < 1.29 is 23.4 Å². The van der Waals surface area contributed by atoms with E-state index in [9.17, 15) is 4.79 Å². The number of carbonyl (C=O) groups excluding carboxylic acids is 1. The lowest BCUT2D eigenvalue weighted by atomic mass is 10.1. The van der Waals surface area contributed by atoms with Crippen LogP contribution in [0.1, 0.15) is 30.7 Å². The molecule has 1 aromatic heterocycles. The quantitative estimate of drug-likeness (QED) is 0.322. The zero-order chi connectivity index (χ0) is 22.9. The van der Waals surface area contributed by atoms with Crippen molar-refractivity contribution in [2.24, 2.45) is 0 Å². The van der Waals surface area contributed by atoms with Gasteiger partial charge in [0.1, 0.15) is 12.0 Å². The van der Waals surface area contributed by atoms with E-state index in [0.717, 1.165) is 33.0 Å². The first-order chi connectivity index (χ1) is 15.5. The Morgan fingerprint density at radius 2 is 1.91 bits per heavy atom. The summed E-state index contributed by atoms with van der Waals surface area (Å²) in [6.07, 6.45) is 2.13. The number of nitrogens with zero attached hydrogens (tertiary/aromatic N) is 1. The number of esters is 1. The van der Waals surface area contributed by atoms with Crippen LogP contribution in [0.5, 0.6) is 5.75 Å². The largest absolute Gasteiger partial charge is 0.493 e. The van der Waals surface area contributed by atoms with Crippen molar-refractivity contribution in [3.8, 4) is 17.2 Å². The Bertz CT molecular complexity index is 1020. The molecule has 0 amide bonds. The minimum absolute atomic E-state index is 0.336. The van der Waals surface area contributed by atoms with Crippen molar-refractivity contribution in [1.82, 2.24) is 4.98 Å². The molecule has 0 N–H and O–H groups in total. The molecular weight excluding hydrogens is 426 g/mol. The Morgan fingerprint density at radius 3 is 2.62 bits per heavy atom. The van der Waals surface area contributed by atoms with E-state index in [-0.39, 0.29) is 5.97 Å². The molecule has 170 valence electrons. The highest BCUT2D eigenvalue weighted by Crippen LogP contribution is 2.27. The van der Waals surface area contributed by atoms with Crippen molar-refractivity contribution in [3.63, 3.8) is 0 Å². The van der Waals surface area contributed by atoms with Crippen LogP contribution in [0.4, 0.5) is 0 Å². The van der Waals surface area contributed by atoms with E-state index in [1.165, 1.54) is 0 Å². The fraction of sp³-hybridized carbons (Fsp3) is 0.360. The van der Waals surface area contributed by atoms with Crippen LogP contribution < -0.4 is 4.74 Å². The maximum absolute atomic E-state index is 12.0. The van der Waals surface area contributed by atoms with Gasteiger partial charge in [0.2, 0.25) is 5.89 Å². The molecule has 32 heavy (non-hydrogen) atoms. The third-order valence-corrected chi connectivity index (χ3v) is 5.21. The first-order valence-electron chi connectivity index (χ1n) is 10.7. The molecule has 1 atom stereocenters. The van der Waals surface area contributed by atoms with E-state index in [0.29, 0.717) is 38.6 Å². The molecule has 1 heterocycles. The van der Waals surface area contributed by atoms with Crippen LogP contribution in [-0.4, -0.2) is 36.9 Å². The summed E-state index contributed by atoms with van der Waals surface area (Å²) in [6.45, 7) is 6.92. The molecule has 6 nitrogen and oxygen atoms in total. The maximum Gasteiger partial charge on any atom is 0.335 e. The van der Waals surface area contributed by atoms with E-state index in [2.05, 4.69) is 17.6 Å². The van der Waals surface area contributed by atoms with Crippen molar-refractivity contribution >= 4 is 18.6 Å². The monoisotopic (exact) mass is 455 g/mol. The predicted molar refractivity (Wildman–Crippen MR) is 125 cm³/mol. The number of aryl methyl sites for hydroxylation is 1. The number of hydrogen-bond donors (Lipinski definition) is 1. The van der Waals surface area contributed by atoms with Gasteiger partial charge in [0.25, 0.3) is 0 Å². The molecule has 0 saturated heterocycles. The van der Waals surface area contributed by atoms with Gasteiger partial charge in [-0.25, -0.2) is 9.78 Å². The molecule has 0 aliphatic carbocycles. The molecule has 0 aliphatic rings. The average Bonchev–Trinajstić information content (AvgIpc) is 3.25. The summed E-state index contributed by atoms with van der Waals surface area (Å²) in [7, 11) is 0. The Kier molecular flexibility index (Phi) is 8.76. The van der Waals surface area contributed by atoms with Crippen LogP contribution in [0.2, 0.25) is 0 Å². The van der Waals surface area contributed by atoms with Gasteiger partial charge in [0.05, 0.1) is 24.5 Å². The summed E-state index contributed by atoms with van der Waals surface area (Å²) in [4.78, 5) is 17.4. The first kappa shape index (κ1) is 23.9. The lowest BCUT2D eigenvalue weighted by molar-refractivity contribution is -0.156. The molecule has 0 spiro atoms. The topological polar surface area (TPSA) is 70.8 Å². The van der Waals surface area contributed by atoms with Crippen LogP contribution in [0.25, 0.3) is 11.5 Å². The minimum Gasteiger partial charge on any atom is -0.493 e. The van der Waals surface area contributed by atoms with Crippen LogP contribution in [0.15, 0.2) is 58.0 Å². The number of thiol groups is 1. The summed E-state index contributed by atoms with van der Waals surface area (Å²) in [5.74, 6) is 0.971. The first-order valence-corrected chi connectivity index (χ1v) is 11.2. The van der Waals surface area contributed by atoms with E-state index in [4.69, 9.17) is 18.6 Å². The van der Waals surface area contributed by atoms with Crippen molar-refractivity contribution in [2.45, 2.75) is 44.6 Å². The van der Waals surface area contributed by atoms with E-state index >= 15 is 0 Å². The summed E-state index contributed by atoms with van der Waals surface area (Å²) in [5.41, 5.74) is 3.80. The molecule has 0 bridgehead atoms. The van der Waals surface area contributed by atoms with E-state index < -0.39 is 6.10 Å². The summed E-state index contributed by atoms with van der Waals surface area (Å²) >= 11 is 4.49. The highest BCUT2D eigenvalue weighted by atomic mass is 32.1. The van der Waals surface area contributed by atoms with Gasteiger partial charge in [0, 0.05) is 24.3 Å². The minimum atomic E-state index is -0.598. The smallest absolute Gasteiger partial charge is 0.335 e. The second-order valence-electron chi connectivity index (χ2n) is 7.31. The lowest BCUT2D eigenvalue weighted by Gasteiger charge is -2.15. The molecule has 2 aromatic carbocycles. The summed E-state index contributed by atoms with van der Waals surface area (Å²) < 4.78 is 22.1. The van der Waals surface area contributed by atoms with Crippen molar-refractivity contribution in [3.05, 3.63) is 65.5 Å². The van der Waals surface area contributed by atoms with Gasteiger partial charge < -0.3 is 18.6 Å². The molecule has 0 fully saturated rings. The number of rotatable bonds is 11. The second-order valence-corrected chi connectivity index (χ2v) is 7.79. The molecule has 0 unspecified atom stereocenters. The highest BCUT2D eigenvalue weighted by molar-refractivity contribution is 7.80. The van der Waals surface area contributed by atoms with Crippen LogP contribution in [0.3, 0.4) is 0 Å². The van der Waals surface area contributed by atoms with Crippen molar-refractivity contribution in [1.29, 1.82) is 0 Å². The number of carbonyl (C=O) groups is 1. The van der Waals surface area contributed by atoms with Gasteiger partial charge in [-0.2, -0.15) is 0 Å². The van der Waals surface area contributed by atoms with Gasteiger partial charge >= 0.3 is 5.97 Å². The van der Waals surface area contributed by atoms with Gasteiger partial charge in [-0.15, -0.1) is 12.6 Å². The normalized spacial score (nSPS) is 11.9. The molecule has 3 aromatic rings. The van der Waals surface area contributed by atoms with Crippen molar-refractivity contribution in [2.75, 3.05) is 19.8 Å². The SMILES string of the molecule is CCOC(=O)[C@H](Cc1ccc(OCCc2coc(-c3cc(C)ccc3S)n2)cc1)OCC. The number of oxazole rings is 1. The van der Waals surface area contributed by atoms with E-state index in [1.54, 1.807) is 13.2 Å². The number of aromatic nitrogens is 1. The van der Waals surface area contributed by atoms with Gasteiger partial charge in [-0.1, -0.05) is 23.8 Å². The molecule has 7 heteroatoms. The number of ether oxygens (including phenoxy) is 3. The fourth-order valence-corrected chi connectivity index (χ4v) is 3.46. The molecule has 0 radical (unpaired) electrons. The fourth-order valence-electron chi connectivity index (χ4n) is 3.22. The van der Waals surface area contributed by atoms with Gasteiger partial charge in [0.15, 0.2) is 6.10 Å². The Labute approximate surface area is 194 Å². The molecule has 3 rings (SSSR count). The lowest BCUT2D eigenvalue weighted by Crippen LogP contribution is -2.28. The standard InChI is InChI=1S/C25H29NO5S/c1-4-28-22(25(27)29-5-2)15-18-7-9-20(10-8-18)30-13-12-19-16-31-24(26-19)21-14-17(3)6-11-23(21)32/h6-11,14,16,22,32H,4-5,12-13,15H2,1-3H3/t22-/m0/s1. The van der Waals surface area contributed by atoms with Gasteiger partial charge in [-0.3, -0.25) is 0 Å². The molecule has 0 saturated carbocycles. The number of benzene rings is 2. The Morgan fingerprint density at radius 1 is 1.12 bits per heavy atom. The Hall–Kier alpha value is -2.77. The highest BCUT2D eigenvalue weighted by Gasteiger charge is 2.20. The predicted octanol–water partition coefficient (Wildman–Crippen LogP) is 5.07. The summed E-state index contributed by atoms with van der Waals surface area (Å²) in [5, 5.41) is 0. The van der Waals surface area contributed by atoms with Crippen LogP contribution in [-0.2, 0) is 27.1 Å². The molecular formula is C25H29NO5S. The summed E-state index contributed by atoms with van der Waals surface area (Å²) in [6, 6.07) is 13.6. The third kappa shape index (κ3) is 6.61. The Balaban J connectivity index is 1.52. The van der Waals surface area contributed by atoms with E-state index in [1.807, 2.05) is 56.3 Å². The maximum atomic E-state index is 12.0. The average molecular weight is 456 g/mol. The zero-order valence-corrected chi connectivity index (χ0v) is 19.6. The zero-order valence-electron chi connectivity index (χ0n) is 18.7.